The molecule has 1 N–H and O–H groups in total. The predicted molar refractivity (Wildman–Crippen MR) is 92.8 cm³/mol. The van der Waals surface area contributed by atoms with E-state index in [-0.39, 0.29) is 11.3 Å². The molecule has 0 spiro atoms. The van der Waals surface area contributed by atoms with Crippen molar-refractivity contribution < 1.29 is 9.32 Å². The molecule has 3 aromatic heterocycles. The van der Waals surface area contributed by atoms with E-state index >= 15 is 0 Å². The molecule has 1 amide bonds. The lowest BCUT2D eigenvalue weighted by Gasteiger charge is -2.13. The Kier molecular flexibility index (Phi) is 4.34. The van der Waals surface area contributed by atoms with Crippen molar-refractivity contribution in [2.24, 2.45) is 7.05 Å². The van der Waals surface area contributed by atoms with Gasteiger partial charge in [-0.2, -0.15) is 10.1 Å². The Bertz CT molecular complexity index is 944. The SMILES string of the molecule is Cc1nc(Cn2nnc(NC(=O)c3cc(C(C)(C)C)nn3C)c2C)no1. The first kappa shape index (κ1) is 17.8. The van der Waals surface area contributed by atoms with Crippen molar-refractivity contribution in [1.82, 2.24) is 34.9 Å². The summed E-state index contributed by atoms with van der Waals surface area (Å²) in [6, 6.07) is 1.79. The van der Waals surface area contributed by atoms with Crippen LogP contribution in [-0.4, -0.2) is 40.8 Å². The molecular weight excluding hydrogens is 336 g/mol. The molecule has 0 fully saturated rings. The van der Waals surface area contributed by atoms with E-state index in [0.29, 0.717) is 35.5 Å². The minimum Gasteiger partial charge on any atom is -0.340 e. The molecule has 10 nitrogen and oxygen atoms in total. The van der Waals surface area contributed by atoms with E-state index in [0.717, 1.165) is 5.69 Å². The number of nitrogens with one attached hydrogen (secondary N) is 1. The van der Waals surface area contributed by atoms with Crippen molar-refractivity contribution in [2.45, 2.75) is 46.6 Å². The minimum atomic E-state index is -0.291. The number of aryl methyl sites for hydroxylation is 2. The van der Waals surface area contributed by atoms with Crippen LogP contribution in [-0.2, 0) is 19.0 Å². The van der Waals surface area contributed by atoms with E-state index in [1.807, 2.05) is 27.7 Å². The fourth-order valence-electron chi connectivity index (χ4n) is 2.38. The van der Waals surface area contributed by atoms with Gasteiger partial charge < -0.3 is 9.84 Å². The Morgan fingerprint density at radius 3 is 2.62 bits per heavy atom. The lowest BCUT2D eigenvalue weighted by molar-refractivity contribution is 0.101. The summed E-state index contributed by atoms with van der Waals surface area (Å²) < 4.78 is 8.11. The maximum atomic E-state index is 12.6. The first-order chi connectivity index (χ1) is 12.1. The van der Waals surface area contributed by atoms with Gasteiger partial charge in [-0.3, -0.25) is 9.48 Å². The van der Waals surface area contributed by atoms with Gasteiger partial charge in [-0.1, -0.05) is 31.1 Å². The maximum absolute atomic E-state index is 12.6. The van der Waals surface area contributed by atoms with Crippen LogP contribution in [0.4, 0.5) is 5.82 Å². The normalized spacial score (nSPS) is 11.8. The molecule has 0 unspecified atom stereocenters. The topological polar surface area (TPSA) is 117 Å². The zero-order valence-electron chi connectivity index (χ0n) is 15.7. The highest BCUT2D eigenvalue weighted by atomic mass is 16.5. The molecule has 10 heteroatoms. The average Bonchev–Trinajstić information content (AvgIpc) is 3.22. The summed E-state index contributed by atoms with van der Waals surface area (Å²) in [6.07, 6.45) is 0. The number of rotatable bonds is 4. The second-order valence-corrected chi connectivity index (χ2v) is 7.15. The summed E-state index contributed by atoms with van der Waals surface area (Å²) in [4.78, 5) is 16.7. The Hall–Kier alpha value is -3.04. The van der Waals surface area contributed by atoms with E-state index in [2.05, 4.69) is 30.9 Å². The van der Waals surface area contributed by atoms with Gasteiger partial charge in [0.05, 0.1) is 11.4 Å². The van der Waals surface area contributed by atoms with Crippen LogP contribution in [0.15, 0.2) is 10.6 Å². The smallest absolute Gasteiger partial charge is 0.275 e. The van der Waals surface area contributed by atoms with Gasteiger partial charge >= 0.3 is 0 Å². The minimum absolute atomic E-state index is 0.141. The largest absolute Gasteiger partial charge is 0.340 e. The average molecular weight is 358 g/mol. The standard InChI is InChI=1S/C16H22N8O2/c1-9-14(19-22-24(9)8-13-17-10(2)26-21-13)18-15(25)11-7-12(16(3,4)5)20-23(11)6/h7H,8H2,1-6H3,(H,18,25). The molecule has 0 aliphatic rings. The number of amides is 1. The number of hydrogen-bond donors (Lipinski definition) is 1. The molecule has 0 radical (unpaired) electrons. The number of aromatic nitrogens is 7. The van der Waals surface area contributed by atoms with Crippen molar-refractivity contribution in [3.63, 3.8) is 0 Å². The molecule has 0 saturated heterocycles. The Labute approximate surface area is 150 Å². The molecule has 0 saturated carbocycles. The Balaban J connectivity index is 1.77. The lowest BCUT2D eigenvalue weighted by Crippen LogP contribution is -2.17. The second-order valence-electron chi connectivity index (χ2n) is 7.15. The monoisotopic (exact) mass is 358 g/mol. The zero-order chi connectivity index (χ0) is 19.1. The molecule has 0 atom stereocenters. The maximum Gasteiger partial charge on any atom is 0.275 e. The van der Waals surface area contributed by atoms with E-state index in [1.165, 1.54) is 0 Å². The summed E-state index contributed by atoms with van der Waals surface area (Å²) in [5.41, 5.74) is 1.85. The van der Waals surface area contributed by atoms with E-state index in [1.54, 1.807) is 29.4 Å². The van der Waals surface area contributed by atoms with Crippen LogP contribution >= 0.6 is 0 Å². The van der Waals surface area contributed by atoms with Gasteiger partial charge in [0.1, 0.15) is 12.2 Å². The Morgan fingerprint density at radius 2 is 2.04 bits per heavy atom. The van der Waals surface area contributed by atoms with Gasteiger partial charge in [0.2, 0.25) is 5.89 Å². The van der Waals surface area contributed by atoms with Crippen LogP contribution < -0.4 is 5.32 Å². The summed E-state index contributed by atoms with van der Waals surface area (Å²) in [5, 5.41) is 19.1. The molecule has 3 rings (SSSR count). The van der Waals surface area contributed by atoms with Gasteiger partial charge in [-0.15, -0.1) is 5.10 Å². The molecule has 0 bridgehead atoms. The highest BCUT2D eigenvalue weighted by molar-refractivity contribution is 6.02. The lowest BCUT2D eigenvalue weighted by atomic mass is 9.92. The molecule has 3 aromatic rings. The van der Waals surface area contributed by atoms with E-state index < -0.39 is 0 Å². The molecule has 3 heterocycles. The highest BCUT2D eigenvalue weighted by Crippen LogP contribution is 2.22. The molecule has 138 valence electrons. The number of nitrogens with zero attached hydrogens (tertiary/aromatic N) is 7. The third kappa shape index (κ3) is 3.48. The Morgan fingerprint density at radius 1 is 1.31 bits per heavy atom. The van der Waals surface area contributed by atoms with Crippen molar-refractivity contribution >= 4 is 11.7 Å². The summed E-state index contributed by atoms with van der Waals surface area (Å²) >= 11 is 0. The second kappa shape index (κ2) is 6.36. The van der Waals surface area contributed by atoms with Crippen LogP contribution in [0.5, 0.6) is 0 Å². The van der Waals surface area contributed by atoms with Crippen molar-refractivity contribution in [3.8, 4) is 0 Å². The molecule has 26 heavy (non-hydrogen) atoms. The number of carbonyl (C=O) groups excluding carboxylic acids is 1. The van der Waals surface area contributed by atoms with Gasteiger partial charge in [0.25, 0.3) is 5.91 Å². The van der Waals surface area contributed by atoms with Crippen LogP contribution in [0.25, 0.3) is 0 Å². The van der Waals surface area contributed by atoms with Gasteiger partial charge in [-0.05, 0) is 13.0 Å². The molecule has 0 aliphatic heterocycles. The number of carbonyl (C=O) groups is 1. The number of hydrogen-bond acceptors (Lipinski definition) is 7. The predicted octanol–water partition coefficient (Wildman–Crippen LogP) is 1.61. The van der Waals surface area contributed by atoms with Crippen molar-refractivity contribution in [1.29, 1.82) is 0 Å². The third-order valence-corrected chi connectivity index (χ3v) is 3.96. The van der Waals surface area contributed by atoms with Crippen LogP contribution in [0.3, 0.4) is 0 Å². The van der Waals surface area contributed by atoms with Gasteiger partial charge in [-0.25, -0.2) is 4.68 Å². The first-order valence-electron chi connectivity index (χ1n) is 8.20. The van der Waals surface area contributed by atoms with Crippen LogP contribution in [0.2, 0.25) is 0 Å². The summed E-state index contributed by atoms with van der Waals surface area (Å²) in [7, 11) is 1.74. The van der Waals surface area contributed by atoms with Crippen molar-refractivity contribution in [2.75, 3.05) is 5.32 Å². The molecule has 0 aromatic carbocycles. The van der Waals surface area contributed by atoms with Crippen molar-refractivity contribution in [3.05, 3.63) is 34.9 Å². The van der Waals surface area contributed by atoms with Gasteiger partial charge in [0, 0.05) is 19.4 Å². The quantitative estimate of drug-likeness (QED) is 0.753. The molecule has 0 aliphatic carbocycles. The van der Waals surface area contributed by atoms with Crippen LogP contribution in [0.1, 0.15) is 54.4 Å². The summed E-state index contributed by atoms with van der Waals surface area (Å²) in [6.45, 7) is 9.99. The first-order valence-corrected chi connectivity index (χ1v) is 8.20. The fourth-order valence-corrected chi connectivity index (χ4v) is 2.38. The fraction of sp³-hybridized carbons (Fsp3) is 0.500. The van der Waals surface area contributed by atoms with Gasteiger partial charge in [0.15, 0.2) is 11.6 Å². The summed E-state index contributed by atoms with van der Waals surface area (Å²) in [5.74, 6) is 1.07. The van der Waals surface area contributed by atoms with E-state index in [4.69, 9.17) is 4.52 Å². The van der Waals surface area contributed by atoms with E-state index in [9.17, 15) is 4.79 Å². The third-order valence-electron chi connectivity index (χ3n) is 3.96. The zero-order valence-corrected chi connectivity index (χ0v) is 15.7. The highest BCUT2D eigenvalue weighted by Gasteiger charge is 2.23. The molecular formula is C16H22N8O2. The number of anilines is 1. The van der Waals surface area contributed by atoms with Crippen LogP contribution in [0, 0.1) is 13.8 Å².